The van der Waals surface area contributed by atoms with Gasteiger partial charge >= 0.3 is 0 Å². The third-order valence-corrected chi connectivity index (χ3v) is 1.80. The molecule has 9 heavy (non-hydrogen) atoms. The lowest BCUT2D eigenvalue weighted by Crippen LogP contribution is -2.22. The van der Waals surface area contributed by atoms with Crippen molar-refractivity contribution in [2.24, 2.45) is 17.2 Å². The monoisotopic (exact) mass is 138 g/mol. The minimum absolute atomic E-state index is 0.412. The van der Waals surface area contributed by atoms with Crippen molar-refractivity contribution >= 4 is 14.4 Å². The molecule has 0 unspecified atom stereocenters. The van der Waals surface area contributed by atoms with Crippen molar-refractivity contribution in [3.8, 4) is 0 Å². The third kappa shape index (κ3) is 1.43. The molecule has 0 aromatic heterocycles. The molecule has 0 atom stereocenters. The molecule has 1 rings (SSSR count). The first-order valence-electron chi connectivity index (χ1n) is 2.52. The van der Waals surface area contributed by atoms with Crippen molar-refractivity contribution in [3.63, 3.8) is 0 Å². The van der Waals surface area contributed by atoms with Crippen LogP contribution < -0.4 is 17.2 Å². The molecule has 6 N–H and O–H groups in total. The van der Waals surface area contributed by atoms with E-state index in [0.717, 1.165) is 10.6 Å². The molecule has 0 aliphatic carbocycles. The van der Waals surface area contributed by atoms with E-state index in [-0.39, 0.29) is 0 Å². The number of allylic oxidation sites excluding steroid dienone is 1. The molecule has 0 aromatic carbocycles. The van der Waals surface area contributed by atoms with Crippen LogP contribution in [-0.4, -0.2) is 14.4 Å². The Morgan fingerprint density at radius 2 is 1.78 bits per heavy atom. The third-order valence-electron chi connectivity index (χ3n) is 0.933. The highest BCUT2D eigenvalue weighted by atomic mass is 28.2. The smallest absolute Gasteiger partial charge is 0.112 e. The van der Waals surface area contributed by atoms with Gasteiger partial charge < -0.3 is 17.2 Å². The zero-order valence-electron chi connectivity index (χ0n) is 4.89. The van der Waals surface area contributed by atoms with E-state index in [1.807, 2.05) is 0 Å². The van der Waals surface area contributed by atoms with Crippen molar-refractivity contribution in [3.05, 3.63) is 23.2 Å². The fourth-order valence-electron chi connectivity index (χ4n) is 0.640. The SMILES string of the molecule is NC1=CC(N)=[Si]C(N)=C1. The van der Waals surface area contributed by atoms with Crippen LogP contribution in [0.3, 0.4) is 0 Å². The van der Waals surface area contributed by atoms with E-state index < -0.39 is 0 Å². The van der Waals surface area contributed by atoms with Crippen LogP contribution in [0.5, 0.6) is 0 Å². The fraction of sp³-hybridized carbons (Fsp3) is 0. The molecule has 0 amide bonds. The quantitative estimate of drug-likeness (QED) is 0.354. The van der Waals surface area contributed by atoms with E-state index in [1.54, 1.807) is 12.2 Å². The summed E-state index contributed by atoms with van der Waals surface area (Å²) in [5, 5.41) is 1.51. The van der Waals surface area contributed by atoms with Crippen molar-refractivity contribution in [1.29, 1.82) is 0 Å². The molecule has 1 aliphatic heterocycles. The number of rotatable bonds is 0. The Labute approximate surface area is 55.6 Å². The van der Waals surface area contributed by atoms with Gasteiger partial charge in [0, 0.05) is 16.3 Å². The van der Waals surface area contributed by atoms with Crippen LogP contribution in [-0.2, 0) is 0 Å². The van der Waals surface area contributed by atoms with Gasteiger partial charge in [-0.25, -0.2) is 0 Å². The van der Waals surface area contributed by atoms with E-state index in [2.05, 4.69) is 0 Å². The largest absolute Gasteiger partial charge is 0.403 e. The highest BCUT2D eigenvalue weighted by Gasteiger charge is 1.96. The second-order valence-corrected chi connectivity index (χ2v) is 3.23. The van der Waals surface area contributed by atoms with Gasteiger partial charge in [-0.3, -0.25) is 0 Å². The van der Waals surface area contributed by atoms with E-state index in [1.165, 1.54) is 0 Å². The van der Waals surface area contributed by atoms with Gasteiger partial charge in [-0.2, -0.15) is 0 Å². The standard InChI is InChI=1S/C5H8N3Si/c6-3-1-4(7)9-5(8)2-3/h1-2H,6-8H2. The average Bonchev–Trinajstić information content (AvgIpc) is 1.59. The summed E-state index contributed by atoms with van der Waals surface area (Å²) in [5.74, 6) is 0. The zero-order chi connectivity index (χ0) is 6.85. The molecule has 0 fully saturated rings. The van der Waals surface area contributed by atoms with Crippen LogP contribution in [0.25, 0.3) is 0 Å². The molecule has 1 aliphatic rings. The zero-order valence-corrected chi connectivity index (χ0v) is 5.89. The Morgan fingerprint density at radius 1 is 1.11 bits per heavy atom. The minimum atomic E-state index is 0.412. The van der Waals surface area contributed by atoms with Crippen molar-refractivity contribution in [1.82, 2.24) is 0 Å². The van der Waals surface area contributed by atoms with Gasteiger partial charge in [-0.15, -0.1) is 0 Å². The van der Waals surface area contributed by atoms with Crippen LogP contribution in [0.1, 0.15) is 0 Å². The molecule has 0 saturated heterocycles. The first-order valence-corrected chi connectivity index (χ1v) is 3.52. The topological polar surface area (TPSA) is 78.1 Å². The van der Waals surface area contributed by atoms with E-state index in [9.17, 15) is 0 Å². The molecule has 4 heteroatoms. The lowest BCUT2D eigenvalue weighted by atomic mass is 10.4. The minimum Gasteiger partial charge on any atom is -0.403 e. The average molecular weight is 138 g/mol. The normalized spacial score (nSPS) is 18.0. The highest BCUT2D eigenvalue weighted by Crippen LogP contribution is 1.93. The molecule has 1 radical (unpaired) electrons. The first kappa shape index (κ1) is 6.09. The second kappa shape index (κ2) is 2.06. The Balaban J connectivity index is 2.98. The Hall–Kier alpha value is -1.03. The molecule has 0 spiro atoms. The van der Waals surface area contributed by atoms with E-state index in [0.29, 0.717) is 14.8 Å². The maximum atomic E-state index is 5.47. The van der Waals surface area contributed by atoms with Crippen molar-refractivity contribution < 1.29 is 0 Å². The maximum Gasteiger partial charge on any atom is 0.112 e. The molecule has 3 nitrogen and oxygen atoms in total. The summed E-state index contributed by atoms with van der Waals surface area (Å²) >= 11 is 0. The van der Waals surface area contributed by atoms with Gasteiger partial charge in [0.15, 0.2) is 0 Å². The van der Waals surface area contributed by atoms with Gasteiger partial charge in [0.05, 0.1) is 0 Å². The summed E-state index contributed by atoms with van der Waals surface area (Å²) in [4.78, 5) is 0. The van der Waals surface area contributed by atoms with E-state index in [4.69, 9.17) is 17.2 Å². The van der Waals surface area contributed by atoms with Gasteiger partial charge in [0.2, 0.25) is 0 Å². The lowest BCUT2D eigenvalue weighted by molar-refractivity contribution is 1.38. The Morgan fingerprint density at radius 3 is 2.22 bits per heavy atom. The molecular formula is C5H8N3Si. The number of hydrogen-bond donors (Lipinski definition) is 3. The predicted molar refractivity (Wildman–Crippen MR) is 39.5 cm³/mol. The Bertz CT molecular complexity index is 168. The molecule has 1 heterocycles. The molecule has 0 aromatic rings. The Kier molecular flexibility index (Phi) is 1.40. The summed E-state index contributed by atoms with van der Waals surface area (Å²) in [7, 11) is 0.412. The summed E-state index contributed by atoms with van der Waals surface area (Å²) in [6.07, 6.45) is 3.46. The molecule has 47 valence electrons. The molecule has 0 saturated carbocycles. The molecule has 0 bridgehead atoms. The number of hydrogen-bond acceptors (Lipinski definition) is 3. The second-order valence-electron chi connectivity index (χ2n) is 1.82. The van der Waals surface area contributed by atoms with Crippen LogP contribution in [0, 0.1) is 0 Å². The first-order chi connectivity index (χ1) is 4.18. The predicted octanol–water partition coefficient (Wildman–Crippen LogP) is -1.56. The summed E-state index contributed by atoms with van der Waals surface area (Å²) < 4.78 is 0. The van der Waals surface area contributed by atoms with Crippen LogP contribution in [0.15, 0.2) is 23.2 Å². The number of nitrogens with two attached hydrogens (primary N) is 3. The van der Waals surface area contributed by atoms with Gasteiger partial charge in [-0.1, -0.05) is 0 Å². The molecular weight excluding hydrogens is 130 g/mol. The van der Waals surface area contributed by atoms with Crippen LogP contribution in [0.2, 0.25) is 0 Å². The summed E-state index contributed by atoms with van der Waals surface area (Å²) in [5.41, 5.74) is 17.0. The highest BCUT2D eigenvalue weighted by molar-refractivity contribution is 6.62. The van der Waals surface area contributed by atoms with E-state index >= 15 is 0 Å². The van der Waals surface area contributed by atoms with Crippen LogP contribution >= 0.6 is 0 Å². The maximum absolute atomic E-state index is 5.47. The van der Waals surface area contributed by atoms with Gasteiger partial charge in [0.1, 0.15) is 9.13 Å². The lowest BCUT2D eigenvalue weighted by Gasteiger charge is -2.02. The van der Waals surface area contributed by atoms with Crippen molar-refractivity contribution in [2.45, 2.75) is 0 Å². The van der Waals surface area contributed by atoms with Crippen LogP contribution in [0.4, 0.5) is 0 Å². The van der Waals surface area contributed by atoms with Crippen molar-refractivity contribution in [2.75, 3.05) is 0 Å². The summed E-state index contributed by atoms with van der Waals surface area (Å²) in [6.45, 7) is 0. The van der Waals surface area contributed by atoms with Gasteiger partial charge in [0.25, 0.3) is 0 Å². The fourth-order valence-corrected chi connectivity index (χ4v) is 1.45. The van der Waals surface area contributed by atoms with Gasteiger partial charge in [-0.05, 0) is 12.2 Å². The summed E-state index contributed by atoms with van der Waals surface area (Å²) in [6, 6.07) is 0.